The van der Waals surface area contributed by atoms with Gasteiger partial charge in [0, 0.05) is 26.3 Å². The average Bonchev–Trinajstić information content (AvgIpc) is 2.93. The molecular weight excluding hydrogens is 248 g/mol. The summed E-state index contributed by atoms with van der Waals surface area (Å²) in [6.07, 6.45) is 4.11. The van der Waals surface area contributed by atoms with Gasteiger partial charge in [-0.3, -0.25) is 4.79 Å². The van der Waals surface area contributed by atoms with E-state index in [1.807, 2.05) is 48.1 Å². The van der Waals surface area contributed by atoms with E-state index in [0.29, 0.717) is 0 Å². The summed E-state index contributed by atoms with van der Waals surface area (Å²) in [5.74, 6) is 0.0966. The van der Waals surface area contributed by atoms with Gasteiger partial charge in [0.25, 0.3) is 5.91 Å². The van der Waals surface area contributed by atoms with Crippen LogP contribution in [0.15, 0.2) is 48.7 Å². The third-order valence-corrected chi connectivity index (χ3v) is 3.44. The number of carbonyl (C=O) groups excluding carboxylic acids is 1. The highest BCUT2D eigenvalue weighted by molar-refractivity contribution is 5.92. The van der Waals surface area contributed by atoms with Crippen molar-refractivity contribution in [1.29, 1.82) is 0 Å². The van der Waals surface area contributed by atoms with Gasteiger partial charge in [-0.1, -0.05) is 43.7 Å². The number of carbonyl (C=O) groups is 1. The zero-order valence-electron chi connectivity index (χ0n) is 12.2. The summed E-state index contributed by atoms with van der Waals surface area (Å²) in [6.45, 7) is 3.68. The Bertz CT molecular complexity index is 545. The molecule has 0 atom stereocenters. The van der Waals surface area contributed by atoms with Gasteiger partial charge in [-0.2, -0.15) is 0 Å². The van der Waals surface area contributed by atoms with Crippen LogP contribution in [0.5, 0.6) is 0 Å². The van der Waals surface area contributed by atoms with E-state index in [-0.39, 0.29) is 5.91 Å². The second kappa shape index (κ2) is 6.94. The van der Waals surface area contributed by atoms with E-state index in [2.05, 4.69) is 19.1 Å². The van der Waals surface area contributed by atoms with Gasteiger partial charge in [0.15, 0.2) is 0 Å². The summed E-state index contributed by atoms with van der Waals surface area (Å²) in [6, 6.07) is 14.0. The Morgan fingerprint density at radius 3 is 2.60 bits per heavy atom. The maximum Gasteiger partial charge on any atom is 0.270 e. The minimum absolute atomic E-state index is 0.0966. The van der Waals surface area contributed by atoms with E-state index in [1.165, 1.54) is 5.56 Å². The van der Waals surface area contributed by atoms with E-state index < -0.39 is 0 Å². The largest absolute Gasteiger partial charge is 0.340 e. The van der Waals surface area contributed by atoms with Crippen LogP contribution in [0.2, 0.25) is 0 Å². The molecule has 106 valence electrons. The van der Waals surface area contributed by atoms with Gasteiger partial charge in [-0.15, -0.1) is 0 Å². The van der Waals surface area contributed by atoms with Gasteiger partial charge >= 0.3 is 0 Å². The molecule has 0 N–H and O–H groups in total. The monoisotopic (exact) mass is 270 g/mol. The lowest BCUT2D eigenvalue weighted by Gasteiger charge is -2.18. The first-order chi connectivity index (χ1) is 9.72. The van der Waals surface area contributed by atoms with Gasteiger partial charge < -0.3 is 9.47 Å². The molecule has 0 radical (unpaired) electrons. The molecule has 2 rings (SSSR count). The van der Waals surface area contributed by atoms with Gasteiger partial charge in [0.05, 0.1) is 0 Å². The third kappa shape index (κ3) is 3.50. The Morgan fingerprint density at radius 1 is 1.15 bits per heavy atom. The number of unbranched alkanes of at least 4 members (excludes halogenated alkanes) is 1. The van der Waals surface area contributed by atoms with Crippen molar-refractivity contribution >= 4 is 5.91 Å². The standard InChI is InChI=1S/C17H22N2O/c1-3-4-12-18(2)17(20)16-11-8-13-19(16)14-15-9-6-5-7-10-15/h5-11,13H,3-4,12,14H2,1-2H3. The first-order valence-corrected chi connectivity index (χ1v) is 7.17. The molecule has 0 aliphatic heterocycles. The summed E-state index contributed by atoms with van der Waals surface area (Å²) in [5, 5.41) is 0. The van der Waals surface area contributed by atoms with Crippen molar-refractivity contribution in [2.24, 2.45) is 0 Å². The highest BCUT2D eigenvalue weighted by atomic mass is 16.2. The van der Waals surface area contributed by atoms with Crippen LogP contribution < -0.4 is 0 Å². The normalized spacial score (nSPS) is 10.5. The Balaban J connectivity index is 2.10. The zero-order chi connectivity index (χ0) is 14.4. The summed E-state index contributed by atoms with van der Waals surface area (Å²) < 4.78 is 2.01. The molecule has 1 amide bonds. The minimum Gasteiger partial charge on any atom is -0.340 e. The number of aromatic nitrogens is 1. The smallest absolute Gasteiger partial charge is 0.270 e. The fourth-order valence-corrected chi connectivity index (χ4v) is 2.22. The molecule has 1 aromatic carbocycles. The maximum atomic E-state index is 12.4. The summed E-state index contributed by atoms with van der Waals surface area (Å²) in [7, 11) is 1.87. The van der Waals surface area contributed by atoms with Crippen LogP contribution in [0.1, 0.15) is 35.8 Å². The molecule has 1 aromatic heterocycles. The number of nitrogens with zero attached hydrogens (tertiary/aromatic N) is 2. The lowest BCUT2D eigenvalue weighted by Crippen LogP contribution is -2.29. The van der Waals surface area contributed by atoms with Crippen molar-refractivity contribution in [3.63, 3.8) is 0 Å². The topological polar surface area (TPSA) is 25.2 Å². The van der Waals surface area contributed by atoms with Gasteiger partial charge in [0.2, 0.25) is 0 Å². The predicted octanol–water partition coefficient (Wildman–Crippen LogP) is 3.41. The molecule has 2 aromatic rings. The number of hydrogen-bond acceptors (Lipinski definition) is 1. The van der Waals surface area contributed by atoms with Crippen LogP contribution in [-0.4, -0.2) is 29.0 Å². The summed E-state index contributed by atoms with van der Waals surface area (Å²) >= 11 is 0. The fraction of sp³-hybridized carbons (Fsp3) is 0.353. The lowest BCUT2D eigenvalue weighted by atomic mass is 10.2. The average molecular weight is 270 g/mol. The van der Waals surface area contributed by atoms with Crippen molar-refractivity contribution in [2.75, 3.05) is 13.6 Å². The van der Waals surface area contributed by atoms with Crippen molar-refractivity contribution in [2.45, 2.75) is 26.3 Å². The first-order valence-electron chi connectivity index (χ1n) is 7.17. The molecule has 1 heterocycles. The Morgan fingerprint density at radius 2 is 1.90 bits per heavy atom. The molecule has 0 spiro atoms. The second-order valence-corrected chi connectivity index (χ2v) is 5.09. The molecule has 0 aliphatic rings. The highest BCUT2D eigenvalue weighted by Gasteiger charge is 2.15. The second-order valence-electron chi connectivity index (χ2n) is 5.09. The molecule has 0 saturated heterocycles. The predicted molar refractivity (Wildman–Crippen MR) is 81.8 cm³/mol. The van der Waals surface area contributed by atoms with Crippen molar-refractivity contribution in [1.82, 2.24) is 9.47 Å². The molecule has 20 heavy (non-hydrogen) atoms. The van der Waals surface area contributed by atoms with Gasteiger partial charge in [-0.25, -0.2) is 0 Å². The number of rotatable bonds is 6. The molecule has 0 bridgehead atoms. The highest BCUT2D eigenvalue weighted by Crippen LogP contribution is 2.10. The van der Waals surface area contributed by atoms with E-state index in [1.54, 1.807) is 4.90 Å². The number of hydrogen-bond donors (Lipinski definition) is 0. The molecule has 0 unspecified atom stereocenters. The fourth-order valence-electron chi connectivity index (χ4n) is 2.22. The van der Waals surface area contributed by atoms with Crippen molar-refractivity contribution in [3.05, 3.63) is 59.9 Å². The molecule has 0 saturated carbocycles. The van der Waals surface area contributed by atoms with Crippen LogP contribution in [0, 0.1) is 0 Å². The Kier molecular flexibility index (Phi) is 4.99. The van der Waals surface area contributed by atoms with E-state index >= 15 is 0 Å². The first kappa shape index (κ1) is 14.4. The number of amides is 1. The quantitative estimate of drug-likeness (QED) is 0.789. The molecule has 3 heteroatoms. The molecule has 0 fully saturated rings. The molecular formula is C17H22N2O. The number of benzene rings is 1. The van der Waals surface area contributed by atoms with E-state index in [0.717, 1.165) is 31.6 Å². The Labute approximate surface area is 120 Å². The van der Waals surface area contributed by atoms with Crippen LogP contribution >= 0.6 is 0 Å². The summed E-state index contributed by atoms with van der Waals surface area (Å²) in [4.78, 5) is 14.2. The SMILES string of the molecule is CCCCN(C)C(=O)c1cccn1Cc1ccccc1. The maximum absolute atomic E-state index is 12.4. The van der Waals surface area contributed by atoms with Gasteiger partial charge in [0.1, 0.15) is 5.69 Å². The van der Waals surface area contributed by atoms with Crippen LogP contribution in [0.4, 0.5) is 0 Å². The van der Waals surface area contributed by atoms with Crippen LogP contribution in [-0.2, 0) is 6.54 Å². The van der Waals surface area contributed by atoms with Crippen molar-refractivity contribution < 1.29 is 4.79 Å². The van der Waals surface area contributed by atoms with Gasteiger partial charge in [-0.05, 0) is 24.1 Å². The zero-order valence-corrected chi connectivity index (χ0v) is 12.2. The van der Waals surface area contributed by atoms with Crippen molar-refractivity contribution in [3.8, 4) is 0 Å². The molecule has 3 nitrogen and oxygen atoms in total. The lowest BCUT2D eigenvalue weighted by molar-refractivity contribution is 0.0783. The van der Waals surface area contributed by atoms with E-state index in [4.69, 9.17) is 0 Å². The molecule has 0 aliphatic carbocycles. The summed E-state index contributed by atoms with van der Waals surface area (Å²) in [5.41, 5.74) is 1.96. The minimum atomic E-state index is 0.0966. The third-order valence-electron chi connectivity index (χ3n) is 3.44. The van der Waals surface area contributed by atoms with Crippen LogP contribution in [0.25, 0.3) is 0 Å². The van der Waals surface area contributed by atoms with E-state index in [9.17, 15) is 4.79 Å². The Hall–Kier alpha value is -2.03. The van der Waals surface area contributed by atoms with Crippen LogP contribution in [0.3, 0.4) is 0 Å².